The van der Waals surface area contributed by atoms with Gasteiger partial charge in [-0.1, -0.05) is 25.1 Å². The van der Waals surface area contributed by atoms with Gasteiger partial charge in [-0.25, -0.2) is 0 Å². The van der Waals surface area contributed by atoms with Crippen LogP contribution >= 0.6 is 11.6 Å². The van der Waals surface area contributed by atoms with Crippen LogP contribution in [0.5, 0.6) is 0 Å². The molecule has 0 aromatic heterocycles. The Hall–Kier alpha value is -0.520. The second kappa shape index (κ2) is 6.21. The summed E-state index contributed by atoms with van der Waals surface area (Å²) in [6.45, 7) is 8.00. The van der Waals surface area contributed by atoms with Crippen LogP contribution in [0.2, 0.25) is 0 Å². The summed E-state index contributed by atoms with van der Waals surface area (Å²) < 4.78 is 0. The molecule has 0 radical (unpaired) electrons. The van der Waals surface area contributed by atoms with E-state index >= 15 is 0 Å². The van der Waals surface area contributed by atoms with Crippen molar-refractivity contribution in [2.24, 2.45) is 0 Å². The molecule has 0 amide bonds. The molecular weight excluding hydrogens is 160 g/mol. The quantitative estimate of drug-likeness (QED) is 0.634. The van der Waals surface area contributed by atoms with Gasteiger partial charge in [0, 0.05) is 24.5 Å². The smallest absolute Gasteiger partial charge is 0.0635 e. The van der Waals surface area contributed by atoms with Crippen LogP contribution in [0.25, 0.3) is 0 Å². The normalized spacial score (nSPS) is 9.64. The molecule has 0 aliphatic heterocycles. The molecule has 0 aliphatic rings. The first-order valence-electron chi connectivity index (χ1n) is 3.63. The zero-order valence-electron chi connectivity index (χ0n) is 6.81. The van der Waals surface area contributed by atoms with E-state index in [1.54, 1.807) is 0 Å². The summed E-state index contributed by atoms with van der Waals surface area (Å²) in [7, 11) is 0. The van der Waals surface area contributed by atoms with Gasteiger partial charge in [0.25, 0.3) is 0 Å². The highest BCUT2D eigenvalue weighted by atomic mass is 35.5. The standard InChI is InChI=1S/C8H13ClN2/c1-3-11(6-4-5-10)7-8(2)9/h2-4,6-7H2,1H3. The van der Waals surface area contributed by atoms with Crippen molar-refractivity contribution in [1.29, 1.82) is 5.26 Å². The predicted octanol–water partition coefficient (Wildman–Crippen LogP) is 1.97. The number of nitrogens with zero attached hydrogens (tertiary/aromatic N) is 2. The topological polar surface area (TPSA) is 27.0 Å². The van der Waals surface area contributed by atoms with Gasteiger partial charge < -0.3 is 0 Å². The average Bonchev–Trinajstić information content (AvgIpc) is 1.97. The van der Waals surface area contributed by atoms with Crippen LogP contribution in [0.1, 0.15) is 13.3 Å². The third-order valence-electron chi connectivity index (χ3n) is 1.38. The first-order valence-corrected chi connectivity index (χ1v) is 4.01. The van der Waals surface area contributed by atoms with Crippen molar-refractivity contribution in [3.8, 4) is 6.07 Å². The van der Waals surface area contributed by atoms with E-state index in [1.807, 2.05) is 6.92 Å². The van der Waals surface area contributed by atoms with Crippen LogP contribution in [0.15, 0.2) is 11.6 Å². The largest absolute Gasteiger partial charge is 0.297 e. The summed E-state index contributed by atoms with van der Waals surface area (Å²) in [6, 6.07) is 2.09. The van der Waals surface area contributed by atoms with E-state index in [2.05, 4.69) is 17.5 Å². The van der Waals surface area contributed by atoms with E-state index in [4.69, 9.17) is 16.9 Å². The third kappa shape index (κ3) is 5.90. The minimum Gasteiger partial charge on any atom is -0.297 e. The summed E-state index contributed by atoms with van der Waals surface area (Å²) >= 11 is 5.61. The number of hydrogen-bond acceptors (Lipinski definition) is 2. The van der Waals surface area contributed by atoms with Gasteiger partial charge in [-0.3, -0.25) is 4.90 Å². The Kier molecular flexibility index (Phi) is 5.91. The van der Waals surface area contributed by atoms with Crippen molar-refractivity contribution in [3.05, 3.63) is 11.6 Å². The van der Waals surface area contributed by atoms with E-state index in [9.17, 15) is 0 Å². The van der Waals surface area contributed by atoms with Crippen molar-refractivity contribution < 1.29 is 0 Å². The predicted molar refractivity (Wildman–Crippen MR) is 47.3 cm³/mol. The number of nitriles is 1. The Morgan fingerprint density at radius 1 is 1.73 bits per heavy atom. The maximum absolute atomic E-state index is 8.31. The molecule has 0 aromatic carbocycles. The number of rotatable bonds is 5. The Morgan fingerprint density at radius 2 is 2.36 bits per heavy atom. The molecule has 3 heteroatoms. The number of likely N-dealkylation sites (N-methyl/N-ethyl adjacent to an activating group) is 1. The summed E-state index contributed by atoms with van der Waals surface area (Å²) in [5.41, 5.74) is 0. The molecule has 0 saturated heterocycles. The van der Waals surface area contributed by atoms with Gasteiger partial charge in [-0.05, 0) is 6.54 Å². The van der Waals surface area contributed by atoms with Gasteiger partial charge in [0.15, 0.2) is 0 Å². The molecule has 0 rings (SSSR count). The molecule has 11 heavy (non-hydrogen) atoms. The van der Waals surface area contributed by atoms with Gasteiger partial charge in [0.05, 0.1) is 6.07 Å². The fourth-order valence-electron chi connectivity index (χ4n) is 0.800. The van der Waals surface area contributed by atoms with Gasteiger partial charge in [-0.15, -0.1) is 0 Å². The van der Waals surface area contributed by atoms with Gasteiger partial charge in [0.2, 0.25) is 0 Å². The van der Waals surface area contributed by atoms with E-state index in [-0.39, 0.29) is 0 Å². The van der Waals surface area contributed by atoms with Crippen molar-refractivity contribution in [3.63, 3.8) is 0 Å². The molecule has 0 unspecified atom stereocenters. The Bertz CT molecular complexity index is 160. The average molecular weight is 173 g/mol. The zero-order chi connectivity index (χ0) is 8.69. The van der Waals surface area contributed by atoms with Crippen molar-refractivity contribution in [2.45, 2.75) is 13.3 Å². The van der Waals surface area contributed by atoms with Gasteiger partial charge >= 0.3 is 0 Å². The Balaban J connectivity index is 3.59. The first kappa shape index (κ1) is 10.5. The number of hydrogen-bond donors (Lipinski definition) is 0. The molecular formula is C8H13ClN2. The third-order valence-corrected chi connectivity index (χ3v) is 1.50. The second-order valence-electron chi connectivity index (χ2n) is 2.29. The lowest BCUT2D eigenvalue weighted by atomic mass is 10.4. The lowest BCUT2D eigenvalue weighted by molar-refractivity contribution is 0.324. The fourth-order valence-corrected chi connectivity index (χ4v) is 0.969. The highest BCUT2D eigenvalue weighted by molar-refractivity contribution is 6.29. The molecule has 0 atom stereocenters. The second-order valence-corrected chi connectivity index (χ2v) is 2.83. The molecule has 0 N–H and O–H groups in total. The number of halogens is 1. The molecule has 62 valence electrons. The zero-order valence-corrected chi connectivity index (χ0v) is 7.56. The monoisotopic (exact) mass is 172 g/mol. The summed E-state index contributed by atoms with van der Waals surface area (Å²) in [4.78, 5) is 2.08. The Morgan fingerprint density at radius 3 is 2.73 bits per heavy atom. The van der Waals surface area contributed by atoms with E-state index in [1.165, 1.54) is 0 Å². The van der Waals surface area contributed by atoms with Crippen LogP contribution in [0.4, 0.5) is 0 Å². The molecule has 2 nitrogen and oxygen atoms in total. The van der Waals surface area contributed by atoms with Crippen LogP contribution in [-0.4, -0.2) is 24.5 Å². The molecule has 0 spiro atoms. The molecule has 0 fully saturated rings. The molecule has 0 aliphatic carbocycles. The summed E-state index contributed by atoms with van der Waals surface area (Å²) in [5, 5.41) is 8.94. The van der Waals surface area contributed by atoms with Gasteiger partial charge in [-0.2, -0.15) is 5.26 Å². The van der Waals surface area contributed by atoms with Crippen LogP contribution < -0.4 is 0 Å². The van der Waals surface area contributed by atoms with Crippen LogP contribution in [0, 0.1) is 11.3 Å². The maximum atomic E-state index is 8.31. The fraction of sp³-hybridized carbons (Fsp3) is 0.625. The highest BCUT2D eigenvalue weighted by Crippen LogP contribution is 2.01. The van der Waals surface area contributed by atoms with Crippen molar-refractivity contribution >= 4 is 11.6 Å². The lowest BCUT2D eigenvalue weighted by Crippen LogP contribution is -2.25. The van der Waals surface area contributed by atoms with Crippen molar-refractivity contribution in [1.82, 2.24) is 4.90 Å². The van der Waals surface area contributed by atoms with Crippen molar-refractivity contribution in [2.75, 3.05) is 19.6 Å². The van der Waals surface area contributed by atoms with Crippen LogP contribution in [0.3, 0.4) is 0 Å². The van der Waals surface area contributed by atoms with E-state index in [0.29, 0.717) is 18.0 Å². The summed E-state index contributed by atoms with van der Waals surface area (Å²) in [5.74, 6) is 0. The molecule has 0 saturated carbocycles. The minimum absolute atomic E-state index is 0.554. The van der Waals surface area contributed by atoms with Crippen LogP contribution in [-0.2, 0) is 0 Å². The van der Waals surface area contributed by atoms with E-state index in [0.717, 1.165) is 13.1 Å². The minimum atomic E-state index is 0.554. The molecule has 0 heterocycles. The van der Waals surface area contributed by atoms with Gasteiger partial charge in [0.1, 0.15) is 0 Å². The molecule has 0 aromatic rings. The maximum Gasteiger partial charge on any atom is 0.0635 e. The molecule has 0 bridgehead atoms. The SMILES string of the molecule is C=C(Cl)CN(CC)CCC#N. The lowest BCUT2D eigenvalue weighted by Gasteiger charge is -2.17. The first-order chi connectivity index (χ1) is 5.20. The highest BCUT2D eigenvalue weighted by Gasteiger charge is 2.01. The summed E-state index contributed by atoms with van der Waals surface area (Å²) in [6.07, 6.45) is 0.554. The Labute approximate surface area is 73.1 Å². The van der Waals surface area contributed by atoms with E-state index < -0.39 is 0 Å².